The molecule has 1 aliphatic rings. The molecule has 1 rings (SSSR count). The Balaban J connectivity index is 2.22. The Morgan fingerprint density at radius 3 is 2.65 bits per heavy atom. The van der Waals surface area contributed by atoms with Gasteiger partial charge in [-0.25, -0.2) is 0 Å². The Kier molecular flexibility index (Phi) is 7.09. The average Bonchev–Trinajstić information content (AvgIpc) is 2.34. The number of ether oxygens (including phenoxy) is 1. The molecule has 0 aromatic heterocycles. The zero-order valence-electron chi connectivity index (χ0n) is 11.8. The summed E-state index contributed by atoms with van der Waals surface area (Å²) in [5.74, 6) is 1.32. The lowest BCUT2D eigenvalue weighted by Gasteiger charge is -2.37. The molecule has 3 nitrogen and oxygen atoms in total. The Hall–Kier alpha value is -0.120. The van der Waals surface area contributed by atoms with Crippen molar-refractivity contribution in [2.75, 3.05) is 33.4 Å². The third-order valence-corrected chi connectivity index (χ3v) is 3.78. The van der Waals surface area contributed by atoms with Gasteiger partial charge in [-0.3, -0.25) is 0 Å². The molecule has 0 heterocycles. The highest BCUT2D eigenvalue weighted by atomic mass is 16.5. The third-order valence-electron chi connectivity index (χ3n) is 3.78. The number of rotatable bonds is 7. The molecule has 0 saturated heterocycles. The topological polar surface area (TPSA) is 38.5 Å². The summed E-state index contributed by atoms with van der Waals surface area (Å²) in [5, 5.41) is 0. The largest absolute Gasteiger partial charge is 0.380 e. The van der Waals surface area contributed by atoms with Gasteiger partial charge in [-0.1, -0.05) is 26.7 Å². The second-order valence-corrected chi connectivity index (χ2v) is 5.80. The summed E-state index contributed by atoms with van der Waals surface area (Å²) in [6.07, 6.45) is 5.33. The molecule has 1 aliphatic carbocycles. The lowest BCUT2D eigenvalue weighted by atomic mass is 9.84. The van der Waals surface area contributed by atoms with Gasteiger partial charge >= 0.3 is 0 Å². The number of hydrogen-bond acceptors (Lipinski definition) is 3. The molecule has 3 heteroatoms. The molecule has 0 amide bonds. The van der Waals surface area contributed by atoms with Crippen LogP contribution in [0.15, 0.2) is 0 Å². The highest BCUT2D eigenvalue weighted by Crippen LogP contribution is 2.26. The number of hydrogen-bond donors (Lipinski definition) is 1. The van der Waals surface area contributed by atoms with E-state index < -0.39 is 0 Å². The van der Waals surface area contributed by atoms with Gasteiger partial charge in [-0.2, -0.15) is 0 Å². The second-order valence-electron chi connectivity index (χ2n) is 5.80. The summed E-state index contributed by atoms with van der Waals surface area (Å²) >= 11 is 0. The van der Waals surface area contributed by atoms with Crippen LogP contribution in [0, 0.1) is 11.8 Å². The van der Waals surface area contributed by atoms with Crippen LogP contribution in [0.1, 0.15) is 39.5 Å². The van der Waals surface area contributed by atoms with E-state index in [1.807, 2.05) is 0 Å². The van der Waals surface area contributed by atoms with Crippen molar-refractivity contribution in [1.82, 2.24) is 4.90 Å². The van der Waals surface area contributed by atoms with Crippen molar-refractivity contribution in [2.24, 2.45) is 17.6 Å². The van der Waals surface area contributed by atoms with Crippen molar-refractivity contribution >= 4 is 0 Å². The number of nitrogens with two attached hydrogens (primary N) is 1. The van der Waals surface area contributed by atoms with Crippen LogP contribution in [-0.4, -0.2) is 44.3 Å². The van der Waals surface area contributed by atoms with Gasteiger partial charge in [0.15, 0.2) is 0 Å². The van der Waals surface area contributed by atoms with Gasteiger partial charge in [-0.05, 0) is 38.3 Å². The van der Waals surface area contributed by atoms with Crippen LogP contribution in [0.25, 0.3) is 0 Å². The lowest BCUT2D eigenvalue weighted by molar-refractivity contribution is 0.0615. The molecule has 1 saturated carbocycles. The van der Waals surface area contributed by atoms with Crippen LogP contribution in [0.4, 0.5) is 0 Å². The summed E-state index contributed by atoms with van der Waals surface area (Å²) < 4.78 is 5.65. The lowest BCUT2D eigenvalue weighted by Crippen LogP contribution is -2.44. The molecular weight excluding hydrogens is 212 g/mol. The van der Waals surface area contributed by atoms with E-state index in [9.17, 15) is 0 Å². The fraction of sp³-hybridized carbons (Fsp3) is 1.00. The van der Waals surface area contributed by atoms with Crippen molar-refractivity contribution in [1.29, 1.82) is 0 Å². The minimum absolute atomic E-state index is 0.631. The predicted octanol–water partition coefficient (Wildman–Crippen LogP) is 2.11. The van der Waals surface area contributed by atoms with Gasteiger partial charge in [0, 0.05) is 19.2 Å². The first kappa shape index (κ1) is 14.9. The Bertz CT molecular complexity index is 197. The maximum absolute atomic E-state index is 5.87. The van der Waals surface area contributed by atoms with E-state index in [0.717, 1.165) is 26.3 Å². The van der Waals surface area contributed by atoms with E-state index >= 15 is 0 Å². The fourth-order valence-electron chi connectivity index (χ4n) is 2.74. The SMILES string of the molecule is CC(C)COCCN(C)C1CCCCC1CN. The molecule has 0 aromatic carbocycles. The van der Waals surface area contributed by atoms with Crippen molar-refractivity contribution in [3.63, 3.8) is 0 Å². The molecule has 0 aliphatic heterocycles. The summed E-state index contributed by atoms with van der Waals surface area (Å²) in [6, 6.07) is 0.677. The van der Waals surface area contributed by atoms with Gasteiger partial charge in [0.1, 0.15) is 0 Å². The van der Waals surface area contributed by atoms with Crippen molar-refractivity contribution in [2.45, 2.75) is 45.6 Å². The van der Waals surface area contributed by atoms with Gasteiger partial charge in [0.05, 0.1) is 6.61 Å². The van der Waals surface area contributed by atoms with Crippen molar-refractivity contribution in [3.8, 4) is 0 Å². The Labute approximate surface area is 107 Å². The Morgan fingerprint density at radius 2 is 2.00 bits per heavy atom. The highest BCUT2D eigenvalue weighted by molar-refractivity contribution is 4.82. The predicted molar refractivity (Wildman–Crippen MR) is 73.1 cm³/mol. The van der Waals surface area contributed by atoms with E-state index in [2.05, 4.69) is 25.8 Å². The first-order valence-corrected chi connectivity index (χ1v) is 7.13. The second kappa shape index (κ2) is 8.06. The average molecular weight is 242 g/mol. The molecule has 0 spiro atoms. The molecule has 102 valence electrons. The fourth-order valence-corrected chi connectivity index (χ4v) is 2.74. The third kappa shape index (κ3) is 5.36. The van der Waals surface area contributed by atoms with Crippen molar-refractivity contribution < 1.29 is 4.74 Å². The molecular formula is C14H30N2O. The number of likely N-dealkylation sites (N-methyl/N-ethyl adjacent to an activating group) is 1. The first-order chi connectivity index (χ1) is 8.15. The highest BCUT2D eigenvalue weighted by Gasteiger charge is 2.26. The van der Waals surface area contributed by atoms with Crippen LogP contribution in [0.5, 0.6) is 0 Å². The minimum Gasteiger partial charge on any atom is -0.380 e. The number of nitrogens with zero attached hydrogens (tertiary/aromatic N) is 1. The first-order valence-electron chi connectivity index (χ1n) is 7.13. The minimum atomic E-state index is 0.631. The monoisotopic (exact) mass is 242 g/mol. The Morgan fingerprint density at radius 1 is 1.29 bits per heavy atom. The van der Waals surface area contributed by atoms with E-state index in [-0.39, 0.29) is 0 Å². The van der Waals surface area contributed by atoms with Crippen LogP contribution in [0.2, 0.25) is 0 Å². The summed E-state index contributed by atoms with van der Waals surface area (Å²) in [7, 11) is 2.22. The maximum atomic E-state index is 5.87. The molecule has 2 atom stereocenters. The van der Waals surface area contributed by atoms with Gasteiger partial charge in [0.25, 0.3) is 0 Å². The zero-order valence-corrected chi connectivity index (χ0v) is 11.8. The van der Waals surface area contributed by atoms with Gasteiger partial charge in [-0.15, -0.1) is 0 Å². The van der Waals surface area contributed by atoms with Crippen LogP contribution < -0.4 is 5.73 Å². The normalized spacial score (nSPS) is 25.8. The zero-order chi connectivity index (χ0) is 12.7. The summed E-state index contributed by atoms with van der Waals surface area (Å²) in [4.78, 5) is 2.46. The molecule has 2 unspecified atom stereocenters. The standard InChI is InChI=1S/C14H30N2O/c1-12(2)11-17-9-8-16(3)14-7-5-4-6-13(14)10-15/h12-14H,4-11,15H2,1-3H3. The van der Waals surface area contributed by atoms with Gasteiger partial charge in [0.2, 0.25) is 0 Å². The van der Waals surface area contributed by atoms with Crippen LogP contribution in [0.3, 0.4) is 0 Å². The van der Waals surface area contributed by atoms with Crippen LogP contribution >= 0.6 is 0 Å². The van der Waals surface area contributed by atoms with Crippen LogP contribution in [-0.2, 0) is 4.74 Å². The molecule has 0 aromatic rings. The molecule has 2 N–H and O–H groups in total. The van der Waals surface area contributed by atoms with E-state index in [1.165, 1.54) is 25.7 Å². The van der Waals surface area contributed by atoms with E-state index in [1.54, 1.807) is 0 Å². The molecule has 0 bridgehead atoms. The van der Waals surface area contributed by atoms with Crippen molar-refractivity contribution in [3.05, 3.63) is 0 Å². The molecule has 1 fully saturated rings. The summed E-state index contributed by atoms with van der Waals surface area (Å²) in [6.45, 7) is 7.97. The smallest absolute Gasteiger partial charge is 0.0593 e. The van der Waals surface area contributed by atoms with Gasteiger partial charge < -0.3 is 15.4 Å². The quantitative estimate of drug-likeness (QED) is 0.695. The van der Waals surface area contributed by atoms with E-state index in [4.69, 9.17) is 10.5 Å². The maximum Gasteiger partial charge on any atom is 0.0593 e. The molecule has 0 radical (unpaired) electrons. The van der Waals surface area contributed by atoms with E-state index in [0.29, 0.717) is 17.9 Å². The summed E-state index contributed by atoms with van der Waals surface area (Å²) in [5.41, 5.74) is 5.87. The molecule has 17 heavy (non-hydrogen) atoms.